The summed E-state index contributed by atoms with van der Waals surface area (Å²) in [5, 5.41) is 8.40. The topological polar surface area (TPSA) is 33.0 Å². The lowest BCUT2D eigenvalue weighted by molar-refractivity contribution is 0.159. The molecule has 0 N–H and O–H groups in total. The predicted octanol–water partition coefficient (Wildman–Crippen LogP) is 3.08. The Morgan fingerprint density at radius 1 is 1.50 bits per heavy atom. The van der Waals surface area contributed by atoms with E-state index in [-0.39, 0.29) is 11.9 Å². The van der Waals surface area contributed by atoms with Gasteiger partial charge in [0.05, 0.1) is 0 Å². The lowest BCUT2D eigenvalue weighted by Gasteiger charge is -2.12. The van der Waals surface area contributed by atoms with E-state index in [0.717, 1.165) is 5.56 Å². The molecular weight excluding hydrogens is 181 g/mol. The van der Waals surface area contributed by atoms with E-state index in [4.69, 9.17) is 10.00 Å². The van der Waals surface area contributed by atoms with E-state index in [2.05, 4.69) is 0 Å². The Kier molecular flexibility index (Phi) is 3.47. The molecule has 0 amide bonds. The molecule has 3 heteroatoms. The molecule has 1 atom stereocenters. The fourth-order valence-electron chi connectivity index (χ4n) is 1.40. The number of hydrogen-bond donors (Lipinski definition) is 0. The van der Waals surface area contributed by atoms with E-state index in [1.165, 1.54) is 12.1 Å². The first-order valence-electron chi connectivity index (χ1n) is 4.49. The second-order valence-corrected chi connectivity index (χ2v) is 3.17. The number of aryl methyl sites for hydroxylation is 1. The van der Waals surface area contributed by atoms with E-state index < -0.39 is 0 Å². The Morgan fingerprint density at radius 2 is 2.21 bits per heavy atom. The van der Waals surface area contributed by atoms with Crippen LogP contribution < -0.4 is 0 Å². The van der Waals surface area contributed by atoms with Crippen LogP contribution in [0.1, 0.15) is 30.6 Å². The molecule has 0 saturated heterocycles. The van der Waals surface area contributed by atoms with Gasteiger partial charge in [-0.1, -0.05) is 13.0 Å². The highest BCUT2D eigenvalue weighted by Gasteiger charge is 2.11. The first-order chi connectivity index (χ1) is 6.67. The van der Waals surface area contributed by atoms with Crippen molar-refractivity contribution in [2.45, 2.75) is 26.4 Å². The first kappa shape index (κ1) is 10.5. The van der Waals surface area contributed by atoms with Gasteiger partial charge >= 0.3 is 0 Å². The van der Waals surface area contributed by atoms with Crippen molar-refractivity contribution in [3.63, 3.8) is 0 Å². The molecule has 0 radical (unpaired) electrons. The molecule has 74 valence electrons. The zero-order valence-electron chi connectivity index (χ0n) is 8.25. The van der Waals surface area contributed by atoms with E-state index in [1.807, 2.05) is 19.9 Å². The summed E-state index contributed by atoms with van der Waals surface area (Å²) >= 11 is 0. The van der Waals surface area contributed by atoms with Crippen molar-refractivity contribution in [3.05, 3.63) is 35.1 Å². The van der Waals surface area contributed by atoms with Crippen molar-refractivity contribution < 1.29 is 9.13 Å². The SMILES string of the molecule is CC[C@@H](OC#N)c1cc(C)cc(F)c1. The molecule has 1 rings (SSSR count). The summed E-state index contributed by atoms with van der Waals surface area (Å²) < 4.78 is 17.9. The van der Waals surface area contributed by atoms with Gasteiger partial charge in [-0.05, 0) is 36.6 Å². The maximum absolute atomic E-state index is 13.0. The van der Waals surface area contributed by atoms with Crippen LogP contribution >= 0.6 is 0 Å². The highest BCUT2D eigenvalue weighted by atomic mass is 19.1. The molecule has 0 aromatic heterocycles. The maximum atomic E-state index is 13.0. The molecule has 0 aliphatic rings. The minimum atomic E-state index is -0.339. The molecule has 0 aliphatic carbocycles. The molecule has 0 fully saturated rings. The van der Waals surface area contributed by atoms with Crippen LogP contribution in [0.2, 0.25) is 0 Å². The van der Waals surface area contributed by atoms with Gasteiger partial charge in [0.2, 0.25) is 0 Å². The average molecular weight is 193 g/mol. The summed E-state index contributed by atoms with van der Waals surface area (Å²) in [6, 6.07) is 4.68. The summed E-state index contributed by atoms with van der Waals surface area (Å²) in [5.74, 6) is -0.292. The fourth-order valence-corrected chi connectivity index (χ4v) is 1.40. The standard InChI is InChI=1S/C11H12FNO/c1-3-11(14-7-13)9-4-8(2)5-10(12)6-9/h4-6,11H,3H2,1-2H3/t11-/m1/s1. The summed E-state index contributed by atoms with van der Waals surface area (Å²) in [4.78, 5) is 0. The van der Waals surface area contributed by atoms with Crippen molar-refractivity contribution in [1.82, 2.24) is 0 Å². The van der Waals surface area contributed by atoms with Gasteiger partial charge in [-0.25, -0.2) is 4.39 Å². The van der Waals surface area contributed by atoms with Crippen LogP contribution in [0.4, 0.5) is 4.39 Å². The minimum absolute atomic E-state index is 0.292. The van der Waals surface area contributed by atoms with E-state index in [9.17, 15) is 4.39 Å². The highest BCUT2D eigenvalue weighted by Crippen LogP contribution is 2.22. The summed E-state index contributed by atoms with van der Waals surface area (Å²) in [6.45, 7) is 3.70. The number of rotatable bonds is 3. The molecule has 1 aromatic rings. The van der Waals surface area contributed by atoms with Crippen molar-refractivity contribution in [2.24, 2.45) is 0 Å². The van der Waals surface area contributed by atoms with Crippen LogP contribution in [0.5, 0.6) is 0 Å². The van der Waals surface area contributed by atoms with Crippen LogP contribution in [-0.4, -0.2) is 0 Å². The lowest BCUT2D eigenvalue weighted by atomic mass is 10.0. The fraction of sp³-hybridized carbons (Fsp3) is 0.364. The highest BCUT2D eigenvalue weighted by molar-refractivity contribution is 5.25. The number of nitrogens with zero attached hydrogens (tertiary/aromatic N) is 1. The van der Waals surface area contributed by atoms with Gasteiger partial charge < -0.3 is 4.74 Å². The molecule has 0 spiro atoms. The van der Waals surface area contributed by atoms with Gasteiger partial charge in [0, 0.05) is 0 Å². The molecule has 14 heavy (non-hydrogen) atoms. The van der Waals surface area contributed by atoms with Gasteiger partial charge in [0.15, 0.2) is 0 Å². The average Bonchev–Trinajstić information content (AvgIpc) is 2.12. The van der Waals surface area contributed by atoms with Gasteiger partial charge in [0.25, 0.3) is 6.26 Å². The summed E-state index contributed by atoms with van der Waals surface area (Å²) in [5.41, 5.74) is 1.55. The lowest BCUT2D eigenvalue weighted by Crippen LogP contribution is -2.00. The smallest absolute Gasteiger partial charge is 0.286 e. The largest absolute Gasteiger partial charge is 0.419 e. The molecule has 0 aliphatic heterocycles. The predicted molar refractivity (Wildman–Crippen MR) is 50.9 cm³/mol. The molecule has 2 nitrogen and oxygen atoms in total. The molecule has 0 saturated carbocycles. The van der Waals surface area contributed by atoms with Gasteiger partial charge in [-0.3, -0.25) is 0 Å². The van der Waals surface area contributed by atoms with Gasteiger partial charge in [-0.15, -0.1) is 0 Å². The Hall–Kier alpha value is -1.56. The summed E-state index contributed by atoms with van der Waals surface area (Å²) in [6.07, 6.45) is 1.94. The maximum Gasteiger partial charge on any atom is 0.286 e. The van der Waals surface area contributed by atoms with E-state index in [0.29, 0.717) is 12.0 Å². The Morgan fingerprint density at radius 3 is 2.71 bits per heavy atom. The van der Waals surface area contributed by atoms with Crippen molar-refractivity contribution >= 4 is 0 Å². The third-order valence-corrected chi connectivity index (χ3v) is 2.00. The molecular formula is C11H12FNO. The van der Waals surface area contributed by atoms with Crippen LogP contribution in [0.25, 0.3) is 0 Å². The number of benzene rings is 1. The van der Waals surface area contributed by atoms with Crippen LogP contribution in [0.3, 0.4) is 0 Å². The quantitative estimate of drug-likeness (QED) is 0.691. The Labute approximate surface area is 82.9 Å². The third-order valence-electron chi connectivity index (χ3n) is 2.00. The summed E-state index contributed by atoms with van der Waals surface area (Å²) in [7, 11) is 0. The van der Waals surface area contributed by atoms with Crippen LogP contribution in [0.15, 0.2) is 18.2 Å². The van der Waals surface area contributed by atoms with E-state index in [1.54, 1.807) is 6.26 Å². The molecule has 0 bridgehead atoms. The van der Waals surface area contributed by atoms with E-state index >= 15 is 0 Å². The number of hydrogen-bond acceptors (Lipinski definition) is 2. The Bertz CT molecular complexity index is 337. The third kappa shape index (κ3) is 2.46. The van der Waals surface area contributed by atoms with Crippen molar-refractivity contribution in [3.8, 4) is 6.26 Å². The second kappa shape index (κ2) is 4.61. The van der Waals surface area contributed by atoms with Gasteiger partial charge in [0.1, 0.15) is 11.9 Å². The first-order valence-corrected chi connectivity index (χ1v) is 4.49. The number of nitriles is 1. The molecule has 1 aromatic carbocycles. The number of ether oxygens (including phenoxy) is 1. The molecule has 0 unspecified atom stereocenters. The van der Waals surface area contributed by atoms with Crippen molar-refractivity contribution in [1.29, 1.82) is 5.26 Å². The van der Waals surface area contributed by atoms with Crippen LogP contribution in [0, 0.1) is 24.3 Å². The normalized spacial score (nSPS) is 11.9. The molecule has 0 heterocycles. The monoisotopic (exact) mass is 193 g/mol. The van der Waals surface area contributed by atoms with Crippen molar-refractivity contribution in [2.75, 3.05) is 0 Å². The second-order valence-electron chi connectivity index (χ2n) is 3.17. The zero-order valence-corrected chi connectivity index (χ0v) is 8.25. The zero-order chi connectivity index (χ0) is 10.6. The number of halogens is 1. The van der Waals surface area contributed by atoms with Crippen LogP contribution in [-0.2, 0) is 4.74 Å². The minimum Gasteiger partial charge on any atom is -0.419 e. The van der Waals surface area contributed by atoms with Gasteiger partial charge in [-0.2, -0.15) is 5.26 Å². The Balaban J connectivity index is 2.98.